The standard InChI is InChI=1S/C17H17BrClNO/c18-14-7-12-5-6-21-17(12)13(8-14)10-15(20)9-11-3-1-2-4-16(11)19/h1-4,7-8,15H,5-6,9-10,20H2. The average Bonchev–Trinajstić information content (AvgIpc) is 2.89. The molecule has 0 spiro atoms. The molecule has 0 aromatic heterocycles. The molecule has 1 aliphatic heterocycles. The van der Waals surface area contributed by atoms with Gasteiger partial charge >= 0.3 is 0 Å². The maximum absolute atomic E-state index is 6.32. The highest BCUT2D eigenvalue weighted by Crippen LogP contribution is 2.33. The van der Waals surface area contributed by atoms with Crippen LogP contribution in [-0.4, -0.2) is 12.6 Å². The lowest BCUT2D eigenvalue weighted by atomic mass is 9.97. The third-order valence-corrected chi connectivity index (χ3v) is 4.57. The summed E-state index contributed by atoms with van der Waals surface area (Å²) in [6.45, 7) is 0.762. The Morgan fingerprint density at radius 2 is 1.95 bits per heavy atom. The number of benzene rings is 2. The summed E-state index contributed by atoms with van der Waals surface area (Å²) in [5, 5.41) is 0.781. The van der Waals surface area contributed by atoms with E-state index in [1.165, 1.54) is 11.1 Å². The van der Waals surface area contributed by atoms with Gasteiger partial charge in [-0.15, -0.1) is 0 Å². The molecule has 2 nitrogen and oxygen atoms in total. The van der Waals surface area contributed by atoms with Gasteiger partial charge in [0.2, 0.25) is 0 Å². The quantitative estimate of drug-likeness (QED) is 0.882. The molecular formula is C17H17BrClNO. The molecule has 0 saturated carbocycles. The molecule has 2 N–H and O–H groups in total. The first-order valence-electron chi connectivity index (χ1n) is 7.06. The molecule has 1 unspecified atom stereocenters. The summed E-state index contributed by atoms with van der Waals surface area (Å²) in [5.74, 6) is 1.02. The molecule has 0 fully saturated rings. The van der Waals surface area contributed by atoms with E-state index in [9.17, 15) is 0 Å². The summed E-state index contributed by atoms with van der Waals surface area (Å²) in [4.78, 5) is 0. The van der Waals surface area contributed by atoms with Gasteiger partial charge in [-0.25, -0.2) is 0 Å². The van der Waals surface area contributed by atoms with E-state index >= 15 is 0 Å². The van der Waals surface area contributed by atoms with Crippen molar-refractivity contribution in [3.8, 4) is 5.75 Å². The second-order valence-corrected chi connectivity index (χ2v) is 6.73. The highest BCUT2D eigenvalue weighted by molar-refractivity contribution is 9.10. The number of ether oxygens (including phenoxy) is 1. The normalized spacial score (nSPS) is 14.6. The fraction of sp³-hybridized carbons (Fsp3) is 0.294. The molecule has 110 valence electrons. The van der Waals surface area contributed by atoms with Crippen LogP contribution in [0.1, 0.15) is 16.7 Å². The smallest absolute Gasteiger partial charge is 0.125 e. The Balaban J connectivity index is 1.77. The van der Waals surface area contributed by atoms with Crippen molar-refractivity contribution < 1.29 is 4.74 Å². The predicted octanol–water partition coefficient (Wildman–Crippen LogP) is 4.15. The molecule has 2 aromatic rings. The molecule has 0 amide bonds. The highest BCUT2D eigenvalue weighted by Gasteiger charge is 2.19. The van der Waals surface area contributed by atoms with Gasteiger partial charge in [0.05, 0.1) is 6.61 Å². The van der Waals surface area contributed by atoms with E-state index < -0.39 is 0 Å². The van der Waals surface area contributed by atoms with Crippen LogP contribution in [0, 0.1) is 0 Å². The van der Waals surface area contributed by atoms with Crippen molar-refractivity contribution in [3.63, 3.8) is 0 Å². The number of rotatable bonds is 4. The largest absolute Gasteiger partial charge is 0.493 e. The van der Waals surface area contributed by atoms with Crippen LogP contribution in [0.5, 0.6) is 5.75 Å². The van der Waals surface area contributed by atoms with Crippen molar-refractivity contribution in [2.45, 2.75) is 25.3 Å². The van der Waals surface area contributed by atoms with Gasteiger partial charge in [-0.2, -0.15) is 0 Å². The topological polar surface area (TPSA) is 35.2 Å². The van der Waals surface area contributed by atoms with E-state index in [2.05, 4.69) is 28.1 Å². The monoisotopic (exact) mass is 365 g/mol. The second-order valence-electron chi connectivity index (χ2n) is 5.41. The van der Waals surface area contributed by atoms with Crippen molar-refractivity contribution >= 4 is 27.5 Å². The zero-order valence-electron chi connectivity index (χ0n) is 11.6. The molecule has 4 heteroatoms. The Morgan fingerprint density at radius 1 is 1.19 bits per heavy atom. The number of hydrogen-bond donors (Lipinski definition) is 1. The molecule has 1 atom stereocenters. The summed E-state index contributed by atoms with van der Waals surface area (Å²) in [6, 6.07) is 12.1. The van der Waals surface area contributed by atoms with Crippen LogP contribution < -0.4 is 10.5 Å². The average molecular weight is 367 g/mol. The zero-order valence-corrected chi connectivity index (χ0v) is 14.0. The van der Waals surface area contributed by atoms with Gasteiger partial charge in [0, 0.05) is 22.0 Å². The van der Waals surface area contributed by atoms with Crippen LogP contribution in [0.25, 0.3) is 0 Å². The van der Waals surface area contributed by atoms with E-state index in [1.54, 1.807) is 0 Å². The van der Waals surface area contributed by atoms with Gasteiger partial charge < -0.3 is 10.5 Å². The van der Waals surface area contributed by atoms with Gasteiger partial charge in [0.1, 0.15) is 5.75 Å². The first-order valence-corrected chi connectivity index (χ1v) is 8.23. The molecule has 3 rings (SSSR count). The van der Waals surface area contributed by atoms with Crippen LogP contribution in [0.15, 0.2) is 40.9 Å². The Bertz CT molecular complexity index is 659. The van der Waals surface area contributed by atoms with Gasteiger partial charge in [-0.3, -0.25) is 0 Å². The van der Waals surface area contributed by atoms with E-state index in [0.717, 1.165) is 46.7 Å². The molecule has 2 aromatic carbocycles. The zero-order chi connectivity index (χ0) is 14.8. The van der Waals surface area contributed by atoms with Crippen molar-refractivity contribution in [1.29, 1.82) is 0 Å². The van der Waals surface area contributed by atoms with Gasteiger partial charge in [0.25, 0.3) is 0 Å². The summed E-state index contributed by atoms with van der Waals surface area (Å²) in [7, 11) is 0. The van der Waals surface area contributed by atoms with Gasteiger partial charge in [-0.1, -0.05) is 45.7 Å². The van der Waals surface area contributed by atoms with Crippen LogP contribution >= 0.6 is 27.5 Å². The summed E-state index contributed by atoms with van der Waals surface area (Å²) in [6.07, 6.45) is 2.52. The minimum atomic E-state index is 0.0208. The molecule has 0 bridgehead atoms. The maximum Gasteiger partial charge on any atom is 0.125 e. The third-order valence-electron chi connectivity index (χ3n) is 3.75. The van der Waals surface area contributed by atoms with E-state index in [1.807, 2.05) is 24.3 Å². The van der Waals surface area contributed by atoms with Crippen LogP contribution in [0.3, 0.4) is 0 Å². The fourth-order valence-corrected chi connectivity index (χ4v) is 3.56. The Hall–Kier alpha value is -1.03. The van der Waals surface area contributed by atoms with Crippen molar-refractivity contribution in [3.05, 3.63) is 62.6 Å². The van der Waals surface area contributed by atoms with Gasteiger partial charge in [0.15, 0.2) is 0 Å². The molecule has 0 aliphatic carbocycles. The molecule has 0 radical (unpaired) electrons. The Labute approximate surface area is 138 Å². The maximum atomic E-state index is 6.32. The first-order chi connectivity index (χ1) is 10.1. The minimum absolute atomic E-state index is 0.0208. The Kier molecular flexibility index (Phi) is 4.53. The van der Waals surface area contributed by atoms with Crippen LogP contribution in [0.4, 0.5) is 0 Å². The molecule has 0 saturated heterocycles. The molecule has 1 heterocycles. The molecular weight excluding hydrogens is 350 g/mol. The summed E-state index contributed by atoms with van der Waals surface area (Å²) >= 11 is 9.77. The number of fused-ring (bicyclic) bond motifs is 1. The first kappa shape index (κ1) is 14.9. The lowest BCUT2D eigenvalue weighted by Gasteiger charge is -2.15. The Morgan fingerprint density at radius 3 is 2.76 bits per heavy atom. The second kappa shape index (κ2) is 6.39. The molecule has 1 aliphatic rings. The highest BCUT2D eigenvalue weighted by atomic mass is 79.9. The number of hydrogen-bond acceptors (Lipinski definition) is 2. The van der Waals surface area contributed by atoms with Crippen molar-refractivity contribution in [2.75, 3.05) is 6.61 Å². The van der Waals surface area contributed by atoms with Crippen LogP contribution in [-0.2, 0) is 19.3 Å². The van der Waals surface area contributed by atoms with Crippen molar-refractivity contribution in [1.82, 2.24) is 0 Å². The minimum Gasteiger partial charge on any atom is -0.493 e. The number of nitrogens with two attached hydrogens (primary N) is 1. The fourth-order valence-electron chi connectivity index (χ4n) is 2.80. The SMILES string of the molecule is NC(Cc1ccccc1Cl)Cc1cc(Br)cc2c1OCC2. The van der Waals surface area contributed by atoms with Crippen molar-refractivity contribution in [2.24, 2.45) is 5.73 Å². The van der Waals surface area contributed by atoms with E-state index in [0.29, 0.717) is 0 Å². The van der Waals surface area contributed by atoms with E-state index in [-0.39, 0.29) is 6.04 Å². The summed E-state index contributed by atoms with van der Waals surface area (Å²) < 4.78 is 6.85. The summed E-state index contributed by atoms with van der Waals surface area (Å²) in [5.41, 5.74) is 9.86. The lowest BCUT2D eigenvalue weighted by molar-refractivity contribution is 0.352. The molecule has 21 heavy (non-hydrogen) atoms. The lowest BCUT2D eigenvalue weighted by Crippen LogP contribution is -2.25. The third kappa shape index (κ3) is 3.42. The number of halogens is 2. The predicted molar refractivity (Wildman–Crippen MR) is 90.2 cm³/mol. The van der Waals surface area contributed by atoms with Gasteiger partial charge in [-0.05, 0) is 47.7 Å². The van der Waals surface area contributed by atoms with E-state index in [4.69, 9.17) is 22.1 Å². The van der Waals surface area contributed by atoms with Crippen LogP contribution in [0.2, 0.25) is 5.02 Å².